The normalized spacial score (nSPS) is 34.1. The highest BCUT2D eigenvalue weighted by molar-refractivity contribution is 7.47. The van der Waals surface area contributed by atoms with Gasteiger partial charge < -0.3 is 84.8 Å². The molecule has 4 rings (SSSR count). The third-order valence-electron chi connectivity index (χ3n) is 11.6. The number of unbranched alkanes of at least 4 members (excludes halogenated alkanes) is 4. The number of phosphoric ester groups is 1. The summed E-state index contributed by atoms with van der Waals surface area (Å²) in [5.74, 6) is -1.47. The van der Waals surface area contributed by atoms with Crippen molar-refractivity contribution in [3.8, 4) is 0 Å². The fourth-order valence-electron chi connectivity index (χ4n) is 8.38. The van der Waals surface area contributed by atoms with Crippen LogP contribution in [0.5, 0.6) is 0 Å². The SMILES string of the molecule is COC[C@@H]1C[C@@H](OP(=O)(O)OC[C@@H]2C[C@@H](O)CN2C(=O)CCCCCOC2OC(CO)C(O)C(O)C2NC(C)=O)CN1C(=O)CCCCCOC1OC(CO)C(O)C(O)C1NC(C)=O. The van der Waals surface area contributed by atoms with Crippen molar-refractivity contribution < 1.29 is 97.1 Å². The molecule has 25 heteroatoms. The molecule has 0 aromatic heterocycles. The van der Waals surface area contributed by atoms with Gasteiger partial charge in [-0.25, -0.2) is 4.57 Å². The van der Waals surface area contributed by atoms with Crippen LogP contribution in [0.3, 0.4) is 0 Å². The molecule has 24 nitrogen and oxygen atoms in total. The summed E-state index contributed by atoms with van der Waals surface area (Å²) in [5, 5.41) is 75.6. The molecule has 0 aromatic rings. The van der Waals surface area contributed by atoms with E-state index in [0.29, 0.717) is 38.5 Å². The zero-order valence-electron chi connectivity index (χ0n) is 36.6. The van der Waals surface area contributed by atoms with Crippen molar-refractivity contribution in [3.63, 3.8) is 0 Å². The predicted octanol–water partition coefficient (Wildman–Crippen LogP) is -3.26. The summed E-state index contributed by atoms with van der Waals surface area (Å²) in [6.07, 6.45) is -8.48. The Labute approximate surface area is 372 Å². The van der Waals surface area contributed by atoms with Gasteiger partial charge in [0, 0.05) is 60.1 Å². The number of carbonyl (C=O) groups is 4. The van der Waals surface area contributed by atoms with E-state index >= 15 is 0 Å². The van der Waals surface area contributed by atoms with Gasteiger partial charge in [0.25, 0.3) is 0 Å². The number of likely N-dealkylation sites (tertiary alicyclic amines) is 2. The van der Waals surface area contributed by atoms with E-state index in [2.05, 4.69) is 10.6 Å². The van der Waals surface area contributed by atoms with Gasteiger partial charge in [-0.3, -0.25) is 28.2 Å². The van der Waals surface area contributed by atoms with E-state index in [4.69, 9.17) is 32.7 Å². The highest BCUT2D eigenvalue weighted by Gasteiger charge is 2.47. The summed E-state index contributed by atoms with van der Waals surface area (Å²) >= 11 is 0. The quantitative estimate of drug-likeness (QED) is 0.0317. The van der Waals surface area contributed by atoms with Crippen LogP contribution in [-0.2, 0) is 56.5 Å². The van der Waals surface area contributed by atoms with E-state index < -0.39 is 118 Å². The minimum Gasteiger partial charge on any atom is -0.394 e. The molecule has 0 spiro atoms. The fraction of sp³-hybridized carbons (Fsp3) is 0.897. The number of aliphatic hydroxyl groups is 7. The maximum atomic E-state index is 13.3. The number of ether oxygens (including phenoxy) is 5. The lowest BCUT2D eigenvalue weighted by atomic mass is 9.97. The molecular formula is C39H69N4O20P. The molecule has 4 fully saturated rings. The van der Waals surface area contributed by atoms with Gasteiger partial charge >= 0.3 is 7.82 Å². The minimum atomic E-state index is -4.70. The van der Waals surface area contributed by atoms with Crippen molar-refractivity contribution in [1.82, 2.24) is 20.4 Å². The lowest BCUT2D eigenvalue weighted by molar-refractivity contribution is -0.270. The molecule has 4 aliphatic heterocycles. The Hall–Kier alpha value is -2.49. The first-order valence-corrected chi connectivity index (χ1v) is 23.3. The van der Waals surface area contributed by atoms with E-state index in [1.165, 1.54) is 30.8 Å². The number of amides is 4. The molecule has 15 atom stereocenters. The molecule has 10 N–H and O–H groups in total. The van der Waals surface area contributed by atoms with Crippen molar-refractivity contribution in [3.05, 3.63) is 0 Å². The van der Waals surface area contributed by atoms with Gasteiger partial charge in [-0.05, 0) is 38.5 Å². The third-order valence-corrected chi connectivity index (χ3v) is 12.7. The smallest absolute Gasteiger partial charge is 0.394 e. The second kappa shape index (κ2) is 26.2. The van der Waals surface area contributed by atoms with Gasteiger partial charge in [0.05, 0.1) is 50.7 Å². The lowest BCUT2D eigenvalue weighted by Crippen LogP contribution is -2.64. The molecule has 370 valence electrons. The molecule has 0 radical (unpaired) electrons. The molecule has 64 heavy (non-hydrogen) atoms. The average Bonchev–Trinajstić information content (AvgIpc) is 3.82. The van der Waals surface area contributed by atoms with Crippen LogP contribution in [0.4, 0.5) is 0 Å². The second-order valence-electron chi connectivity index (χ2n) is 16.7. The van der Waals surface area contributed by atoms with E-state index in [1.807, 2.05) is 0 Å². The van der Waals surface area contributed by atoms with E-state index in [-0.39, 0.29) is 77.0 Å². The highest BCUT2D eigenvalue weighted by Crippen LogP contribution is 2.47. The van der Waals surface area contributed by atoms with Crippen LogP contribution in [0.15, 0.2) is 0 Å². The number of rotatable bonds is 25. The number of carbonyl (C=O) groups excluding carboxylic acids is 4. The number of phosphoric acid groups is 1. The Morgan fingerprint density at radius 1 is 0.672 bits per heavy atom. The van der Waals surface area contributed by atoms with Crippen LogP contribution >= 0.6 is 7.82 Å². The molecule has 0 bridgehead atoms. The standard InChI is InChI=1S/C39H69N4O20P/c1-22(46)40-32-36(53)34(51)28(18-44)61-38(32)58-12-8-4-6-10-30(49)42-16-26(48)14-24(42)21-60-64(55,56)63-27-15-25(20-57-3)43(17-27)31(50)11-7-5-9-13-59-39-33(41-23(2)47)37(54)35(52)29(19-45)62-39/h24-29,32-39,44-45,48,51-54H,4-21H2,1-3H3,(H,40,46)(H,41,47)(H,55,56)/t24-,25-,26+,27+,28?,29?,32?,33?,34?,35?,36?,37?,38?,39?/m0/s1. The van der Waals surface area contributed by atoms with Crippen LogP contribution in [-0.4, -0.2) is 219 Å². The maximum absolute atomic E-state index is 13.3. The van der Waals surface area contributed by atoms with E-state index in [9.17, 15) is 64.4 Å². The molecule has 4 aliphatic rings. The van der Waals surface area contributed by atoms with Crippen LogP contribution in [0.1, 0.15) is 78.1 Å². The summed E-state index contributed by atoms with van der Waals surface area (Å²) in [7, 11) is -3.23. The first kappa shape index (κ1) is 54.1. The minimum absolute atomic E-state index is 0.00323. The van der Waals surface area contributed by atoms with Gasteiger partial charge in [0.1, 0.15) is 48.7 Å². The Morgan fingerprint density at radius 2 is 1.14 bits per heavy atom. The van der Waals surface area contributed by atoms with Gasteiger partial charge in [-0.15, -0.1) is 0 Å². The maximum Gasteiger partial charge on any atom is 0.472 e. The third kappa shape index (κ3) is 15.8. The zero-order chi connectivity index (χ0) is 47.1. The van der Waals surface area contributed by atoms with Crippen molar-refractivity contribution >= 4 is 31.5 Å². The average molecular weight is 945 g/mol. The summed E-state index contributed by atoms with van der Waals surface area (Å²) in [6.45, 7) is 1.35. The summed E-state index contributed by atoms with van der Waals surface area (Å²) in [6, 6.07) is -3.28. The number of hydrogen-bond donors (Lipinski definition) is 10. The molecule has 11 unspecified atom stereocenters. The first-order chi connectivity index (χ1) is 30.4. The predicted molar refractivity (Wildman–Crippen MR) is 218 cm³/mol. The largest absolute Gasteiger partial charge is 0.472 e. The topological polar surface area (TPSA) is 342 Å². The van der Waals surface area contributed by atoms with Crippen LogP contribution in [0.25, 0.3) is 0 Å². The molecule has 0 aromatic carbocycles. The van der Waals surface area contributed by atoms with Gasteiger partial charge in [0.15, 0.2) is 12.6 Å². The Bertz CT molecular complexity index is 1540. The van der Waals surface area contributed by atoms with Gasteiger partial charge in [0.2, 0.25) is 23.6 Å². The van der Waals surface area contributed by atoms with Crippen molar-refractivity contribution in [1.29, 1.82) is 0 Å². The van der Waals surface area contributed by atoms with Crippen molar-refractivity contribution in [2.75, 3.05) is 59.8 Å². The number of methoxy groups -OCH3 is 1. The van der Waals surface area contributed by atoms with Crippen LogP contribution < -0.4 is 10.6 Å². The lowest BCUT2D eigenvalue weighted by Gasteiger charge is -2.42. The highest BCUT2D eigenvalue weighted by atomic mass is 31.2. The molecule has 4 amide bonds. The molecule has 0 aliphatic carbocycles. The summed E-state index contributed by atoms with van der Waals surface area (Å²) < 4.78 is 51.8. The van der Waals surface area contributed by atoms with Crippen LogP contribution in [0.2, 0.25) is 0 Å². The van der Waals surface area contributed by atoms with Crippen molar-refractivity contribution in [2.24, 2.45) is 0 Å². The fourth-order valence-corrected chi connectivity index (χ4v) is 9.33. The van der Waals surface area contributed by atoms with E-state index in [0.717, 1.165) is 0 Å². The molecular weight excluding hydrogens is 875 g/mol. The second-order valence-corrected chi connectivity index (χ2v) is 18.1. The number of nitrogens with zero attached hydrogens (tertiary/aromatic N) is 2. The van der Waals surface area contributed by atoms with Gasteiger partial charge in [-0.2, -0.15) is 0 Å². The first-order valence-electron chi connectivity index (χ1n) is 21.8. The van der Waals surface area contributed by atoms with Gasteiger partial charge in [-0.1, -0.05) is 12.8 Å². The number of hydrogen-bond acceptors (Lipinski definition) is 19. The molecule has 0 saturated carbocycles. The van der Waals surface area contributed by atoms with Crippen LogP contribution in [0, 0.1) is 0 Å². The molecule has 4 heterocycles. The molecule has 4 saturated heterocycles. The number of nitrogens with one attached hydrogen (secondary N) is 2. The number of β-amino-alcohol motifs (C(OH)–C–C–N with tert-alkyl or cyclic N) is 1. The Morgan fingerprint density at radius 3 is 1.59 bits per heavy atom. The Kier molecular flexibility index (Phi) is 22.1. The zero-order valence-corrected chi connectivity index (χ0v) is 37.5. The Balaban J connectivity index is 1.16. The summed E-state index contributed by atoms with van der Waals surface area (Å²) in [4.78, 5) is 63.4. The van der Waals surface area contributed by atoms with E-state index in [1.54, 1.807) is 0 Å². The monoisotopic (exact) mass is 944 g/mol. The van der Waals surface area contributed by atoms with Crippen molar-refractivity contribution in [2.45, 2.75) is 164 Å². The number of aliphatic hydroxyl groups excluding tert-OH is 7. The summed E-state index contributed by atoms with van der Waals surface area (Å²) in [5.41, 5.74) is 0.